The number of amides is 2. The minimum absolute atomic E-state index is 0.126. The van der Waals surface area contributed by atoms with Gasteiger partial charge in [-0.2, -0.15) is 0 Å². The van der Waals surface area contributed by atoms with Crippen molar-refractivity contribution < 1.29 is 14.0 Å². The topological polar surface area (TPSA) is 84.2 Å². The average Bonchev–Trinajstić information content (AvgIpc) is 2.50. The van der Waals surface area contributed by atoms with Gasteiger partial charge in [-0.25, -0.2) is 4.39 Å². The van der Waals surface area contributed by atoms with Crippen LogP contribution in [0.2, 0.25) is 0 Å². The predicted octanol–water partition coefficient (Wildman–Crippen LogP) is 2.28. The molecular weight excluding hydrogens is 285 g/mol. The van der Waals surface area contributed by atoms with Gasteiger partial charge in [-0.15, -0.1) is 0 Å². The van der Waals surface area contributed by atoms with Crippen LogP contribution in [-0.4, -0.2) is 18.4 Å². The van der Waals surface area contributed by atoms with Gasteiger partial charge < -0.3 is 16.4 Å². The summed E-state index contributed by atoms with van der Waals surface area (Å²) < 4.78 is 13.1. The minimum Gasteiger partial charge on any atom is -0.325 e. The predicted molar refractivity (Wildman–Crippen MR) is 83.2 cm³/mol. The van der Waals surface area contributed by atoms with E-state index in [0.717, 1.165) is 11.6 Å². The molecule has 0 heterocycles. The van der Waals surface area contributed by atoms with Crippen LogP contribution in [0.4, 0.5) is 15.8 Å². The molecule has 5 nitrogen and oxygen atoms in total. The zero-order valence-electron chi connectivity index (χ0n) is 12.0. The Labute approximate surface area is 127 Å². The van der Waals surface area contributed by atoms with Gasteiger partial charge in [0.15, 0.2) is 0 Å². The average molecular weight is 301 g/mol. The van der Waals surface area contributed by atoms with Gasteiger partial charge in [0.1, 0.15) is 5.82 Å². The summed E-state index contributed by atoms with van der Waals surface area (Å²) in [5, 5.41) is 5.30. The molecule has 0 radical (unpaired) electrons. The number of hydrogen-bond donors (Lipinski definition) is 3. The van der Waals surface area contributed by atoms with Crippen LogP contribution in [0.1, 0.15) is 15.9 Å². The first-order valence-corrected chi connectivity index (χ1v) is 6.67. The van der Waals surface area contributed by atoms with Crippen LogP contribution >= 0.6 is 0 Å². The first-order chi connectivity index (χ1) is 10.5. The number of aryl methyl sites for hydroxylation is 1. The van der Waals surface area contributed by atoms with Crippen molar-refractivity contribution in [1.29, 1.82) is 0 Å². The molecule has 0 aromatic heterocycles. The van der Waals surface area contributed by atoms with Crippen molar-refractivity contribution in [3.8, 4) is 0 Å². The maximum atomic E-state index is 13.1. The van der Waals surface area contributed by atoms with Crippen molar-refractivity contribution >= 4 is 23.2 Å². The number of carbonyl (C=O) groups excluding carboxylic acids is 2. The summed E-state index contributed by atoms with van der Waals surface area (Å²) in [4.78, 5) is 23.4. The molecule has 0 saturated heterocycles. The fourth-order valence-electron chi connectivity index (χ4n) is 1.87. The van der Waals surface area contributed by atoms with Crippen LogP contribution in [0.3, 0.4) is 0 Å². The molecule has 0 unspecified atom stereocenters. The van der Waals surface area contributed by atoms with E-state index < -0.39 is 11.7 Å². The van der Waals surface area contributed by atoms with Crippen molar-refractivity contribution in [1.82, 2.24) is 0 Å². The van der Waals surface area contributed by atoms with Crippen molar-refractivity contribution in [2.24, 2.45) is 5.73 Å². The highest BCUT2D eigenvalue weighted by Crippen LogP contribution is 2.21. The number of hydrogen-bond acceptors (Lipinski definition) is 3. The molecule has 2 amide bonds. The maximum absolute atomic E-state index is 13.1. The molecule has 0 aliphatic heterocycles. The Morgan fingerprint density at radius 1 is 1.14 bits per heavy atom. The molecule has 0 aliphatic rings. The Balaban J connectivity index is 2.17. The van der Waals surface area contributed by atoms with Gasteiger partial charge in [-0.05, 0) is 42.8 Å². The molecule has 6 heteroatoms. The second kappa shape index (κ2) is 6.82. The number of rotatable bonds is 4. The van der Waals surface area contributed by atoms with Gasteiger partial charge >= 0.3 is 0 Å². The molecule has 114 valence electrons. The van der Waals surface area contributed by atoms with E-state index in [2.05, 4.69) is 10.6 Å². The van der Waals surface area contributed by atoms with Crippen LogP contribution in [0.5, 0.6) is 0 Å². The molecule has 2 aromatic rings. The summed E-state index contributed by atoms with van der Waals surface area (Å²) in [6.45, 7) is 1.70. The van der Waals surface area contributed by atoms with E-state index in [1.54, 1.807) is 18.2 Å². The quantitative estimate of drug-likeness (QED) is 0.810. The normalized spacial score (nSPS) is 10.1. The fraction of sp³-hybridized carbons (Fsp3) is 0.125. The molecular formula is C16H16FN3O2. The second-order valence-corrected chi connectivity index (χ2v) is 4.75. The summed E-state index contributed by atoms with van der Waals surface area (Å²) in [5.41, 5.74) is 7.37. The fourth-order valence-corrected chi connectivity index (χ4v) is 1.87. The van der Waals surface area contributed by atoms with E-state index in [0.29, 0.717) is 11.4 Å². The summed E-state index contributed by atoms with van der Waals surface area (Å²) in [5.74, 6) is -1.23. The Morgan fingerprint density at radius 3 is 2.59 bits per heavy atom. The summed E-state index contributed by atoms with van der Waals surface area (Å²) >= 11 is 0. The standard InChI is InChI=1S/C16H16FN3O2/c1-10-5-6-13(8-14(10)20-15(21)9-18)19-16(22)11-3-2-4-12(17)7-11/h2-8H,9,18H2,1H3,(H,19,22)(H,20,21). The first kappa shape index (κ1) is 15.7. The number of nitrogens with two attached hydrogens (primary N) is 1. The zero-order chi connectivity index (χ0) is 16.1. The Hall–Kier alpha value is -2.73. The smallest absolute Gasteiger partial charge is 0.255 e. The van der Waals surface area contributed by atoms with Crippen molar-refractivity contribution in [2.45, 2.75) is 6.92 Å². The van der Waals surface area contributed by atoms with E-state index in [1.165, 1.54) is 18.2 Å². The highest BCUT2D eigenvalue weighted by molar-refractivity contribution is 6.04. The maximum Gasteiger partial charge on any atom is 0.255 e. The highest BCUT2D eigenvalue weighted by atomic mass is 19.1. The summed E-state index contributed by atoms with van der Waals surface area (Å²) in [6.07, 6.45) is 0. The van der Waals surface area contributed by atoms with E-state index in [1.807, 2.05) is 6.92 Å². The molecule has 0 bridgehead atoms. The van der Waals surface area contributed by atoms with Crippen LogP contribution in [0.25, 0.3) is 0 Å². The van der Waals surface area contributed by atoms with E-state index in [9.17, 15) is 14.0 Å². The molecule has 0 fully saturated rings. The van der Waals surface area contributed by atoms with Gasteiger partial charge in [0.05, 0.1) is 6.54 Å². The van der Waals surface area contributed by atoms with Crippen molar-refractivity contribution in [3.63, 3.8) is 0 Å². The number of anilines is 2. The summed E-state index contributed by atoms with van der Waals surface area (Å²) in [6, 6.07) is 10.5. The lowest BCUT2D eigenvalue weighted by Crippen LogP contribution is -2.22. The minimum atomic E-state index is -0.479. The third-order valence-corrected chi connectivity index (χ3v) is 3.04. The lowest BCUT2D eigenvalue weighted by molar-refractivity contribution is -0.114. The van der Waals surface area contributed by atoms with Crippen LogP contribution in [-0.2, 0) is 4.79 Å². The lowest BCUT2D eigenvalue weighted by Gasteiger charge is -2.11. The highest BCUT2D eigenvalue weighted by Gasteiger charge is 2.09. The largest absolute Gasteiger partial charge is 0.325 e. The number of nitrogens with one attached hydrogen (secondary N) is 2. The SMILES string of the molecule is Cc1ccc(NC(=O)c2cccc(F)c2)cc1NC(=O)CN. The Morgan fingerprint density at radius 2 is 1.91 bits per heavy atom. The molecule has 4 N–H and O–H groups in total. The van der Waals surface area contributed by atoms with Gasteiger partial charge in [0.2, 0.25) is 5.91 Å². The third-order valence-electron chi connectivity index (χ3n) is 3.04. The first-order valence-electron chi connectivity index (χ1n) is 6.67. The van der Waals surface area contributed by atoms with E-state index >= 15 is 0 Å². The van der Waals surface area contributed by atoms with Gasteiger partial charge in [-0.1, -0.05) is 12.1 Å². The number of carbonyl (C=O) groups is 2. The molecule has 0 saturated carbocycles. The molecule has 2 rings (SSSR count). The van der Waals surface area contributed by atoms with E-state index in [-0.39, 0.29) is 18.0 Å². The molecule has 0 atom stereocenters. The van der Waals surface area contributed by atoms with Crippen molar-refractivity contribution in [3.05, 3.63) is 59.4 Å². The zero-order valence-corrected chi connectivity index (χ0v) is 12.0. The summed E-state index contributed by atoms with van der Waals surface area (Å²) in [7, 11) is 0. The molecule has 22 heavy (non-hydrogen) atoms. The molecule has 0 spiro atoms. The Kier molecular flexibility index (Phi) is 4.85. The van der Waals surface area contributed by atoms with Gasteiger partial charge in [-0.3, -0.25) is 9.59 Å². The van der Waals surface area contributed by atoms with Gasteiger partial charge in [0, 0.05) is 16.9 Å². The van der Waals surface area contributed by atoms with E-state index in [4.69, 9.17) is 5.73 Å². The Bertz CT molecular complexity index is 716. The lowest BCUT2D eigenvalue weighted by atomic mass is 10.1. The van der Waals surface area contributed by atoms with Crippen LogP contribution < -0.4 is 16.4 Å². The van der Waals surface area contributed by atoms with Crippen LogP contribution in [0, 0.1) is 12.7 Å². The monoisotopic (exact) mass is 301 g/mol. The van der Waals surface area contributed by atoms with Gasteiger partial charge in [0.25, 0.3) is 5.91 Å². The molecule has 2 aromatic carbocycles. The third kappa shape index (κ3) is 3.89. The number of benzene rings is 2. The van der Waals surface area contributed by atoms with Crippen molar-refractivity contribution in [2.75, 3.05) is 17.2 Å². The number of halogens is 1. The second-order valence-electron chi connectivity index (χ2n) is 4.75. The van der Waals surface area contributed by atoms with Crippen LogP contribution in [0.15, 0.2) is 42.5 Å². The molecule has 0 aliphatic carbocycles.